The second-order valence-corrected chi connectivity index (χ2v) is 9.35. The zero-order valence-corrected chi connectivity index (χ0v) is 20.9. The van der Waals surface area contributed by atoms with Gasteiger partial charge in [-0.3, -0.25) is 14.5 Å². The Kier molecular flexibility index (Phi) is 6.53. The van der Waals surface area contributed by atoms with E-state index in [0.717, 1.165) is 0 Å². The van der Waals surface area contributed by atoms with Gasteiger partial charge in [-0.15, -0.1) is 0 Å². The molecule has 0 spiro atoms. The maximum Gasteiger partial charge on any atom is 0.334 e. The standard InChI is InChI=1S/C26H24Cl2N2O5/c1-4-22(31)29-26(16-8-5-6-10-19(16)28)18-14-15(27)12-13-20(18)30(24(26)34)25(2)17(23(32)33)9-7-11-21(25)35-3/h5-14,21H,4H2,1-3H3,(H,29,31)(H,32,33). The molecule has 7 nitrogen and oxygen atoms in total. The lowest BCUT2D eigenvalue weighted by Gasteiger charge is -2.45. The van der Waals surface area contributed by atoms with Crippen LogP contribution in [-0.2, 0) is 24.7 Å². The van der Waals surface area contributed by atoms with E-state index in [0.29, 0.717) is 21.8 Å². The van der Waals surface area contributed by atoms with Gasteiger partial charge in [0.15, 0.2) is 5.54 Å². The van der Waals surface area contributed by atoms with Crippen molar-refractivity contribution in [3.63, 3.8) is 0 Å². The van der Waals surface area contributed by atoms with Gasteiger partial charge < -0.3 is 15.2 Å². The molecule has 2 aliphatic rings. The molecule has 0 saturated heterocycles. The van der Waals surface area contributed by atoms with E-state index in [1.54, 1.807) is 68.5 Å². The van der Waals surface area contributed by atoms with Gasteiger partial charge in [-0.1, -0.05) is 60.5 Å². The molecule has 0 bridgehead atoms. The monoisotopic (exact) mass is 514 g/mol. The predicted octanol–water partition coefficient (Wildman–Crippen LogP) is 4.46. The number of nitrogens with zero attached hydrogens (tertiary/aromatic N) is 1. The molecule has 2 aromatic carbocycles. The molecule has 35 heavy (non-hydrogen) atoms. The number of nitrogens with one attached hydrogen (secondary N) is 1. The summed E-state index contributed by atoms with van der Waals surface area (Å²) < 4.78 is 5.66. The number of methoxy groups -OCH3 is 1. The molecule has 3 unspecified atom stereocenters. The van der Waals surface area contributed by atoms with E-state index in [1.165, 1.54) is 18.1 Å². The maximum absolute atomic E-state index is 14.6. The van der Waals surface area contributed by atoms with Gasteiger partial charge >= 0.3 is 5.97 Å². The van der Waals surface area contributed by atoms with Crippen LogP contribution >= 0.6 is 23.2 Å². The lowest BCUT2D eigenvalue weighted by atomic mass is 9.79. The van der Waals surface area contributed by atoms with E-state index < -0.39 is 35.0 Å². The second kappa shape index (κ2) is 9.15. The third-order valence-corrected chi connectivity index (χ3v) is 7.21. The quantitative estimate of drug-likeness (QED) is 0.592. The molecule has 1 aliphatic carbocycles. The Morgan fingerprint density at radius 3 is 2.51 bits per heavy atom. The van der Waals surface area contributed by atoms with E-state index in [2.05, 4.69) is 5.32 Å². The number of hydrogen-bond acceptors (Lipinski definition) is 4. The van der Waals surface area contributed by atoms with Crippen LogP contribution in [0.25, 0.3) is 0 Å². The Morgan fingerprint density at radius 2 is 1.89 bits per heavy atom. The van der Waals surface area contributed by atoms with Crippen molar-refractivity contribution >= 4 is 46.7 Å². The fourth-order valence-electron chi connectivity index (χ4n) is 4.97. The van der Waals surface area contributed by atoms with Crippen molar-refractivity contribution in [1.29, 1.82) is 0 Å². The highest BCUT2D eigenvalue weighted by Gasteiger charge is 2.61. The van der Waals surface area contributed by atoms with Crippen molar-refractivity contribution in [2.24, 2.45) is 0 Å². The number of carbonyl (C=O) groups is 3. The van der Waals surface area contributed by atoms with Gasteiger partial charge in [-0.25, -0.2) is 4.79 Å². The number of ether oxygens (including phenoxy) is 1. The van der Waals surface area contributed by atoms with E-state index >= 15 is 0 Å². The number of allylic oxidation sites excluding steroid dienone is 2. The fourth-order valence-corrected chi connectivity index (χ4v) is 5.42. The number of halogens is 2. The summed E-state index contributed by atoms with van der Waals surface area (Å²) in [4.78, 5) is 41.2. The van der Waals surface area contributed by atoms with Crippen LogP contribution in [0.3, 0.4) is 0 Å². The molecule has 0 aromatic heterocycles. The summed E-state index contributed by atoms with van der Waals surface area (Å²) in [6.45, 7) is 3.30. The lowest BCUT2D eigenvalue weighted by molar-refractivity contribution is -0.134. The van der Waals surface area contributed by atoms with Crippen LogP contribution in [0.4, 0.5) is 5.69 Å². The molecule has 2 N–H and O–H groups in total. The summed E-state index contributed by atoms with van der Waals surface area (Å²) in [5.74, 6) is -2.16. The summed E-state index contributed by atoms with van der Waals surface area (Å²) in [5.41, 5.74) is -2.11. The number of hydrogen-bond donors (Lipinski definition) is 2. The molecule has 1 aliphatic heterocycles. The van der Waals surface area contributed by atoms with Crippen LogP contribution in [0.15, 0.2) is 66.3 Å². The molecule has 4 rings (SSSR count). The number of carbonyl (C=O) groups excluding carboxylic acids is 2. The largest absolute Gasteiger partial charge is 0.478 e. The van der Waals surface area contributed by atoms with Gasteiger partial charge in [0.1, 0.15) is 11.6 Å². The van der Waals surface area contributed by atoms with E-state index in [-0.39, 0.29) is 17.0 Å². The van der Waals surface area contributed by atoms with E-state index in [4.69, 9.17) is 27.9 Å². The third kappa shape index (κ3) is 3.66. The van der Waals surface area contributed by atoms with Crippen LogP contribution in [0.5, 0.6) is 0 Å². The van der Waals surface area contributed by atoms with Gasteiger partial charge in [0.2, 0.25) is 5.91 Å². The lowest BCUT2D eigenvalue weighted by Crippen LogP contribution is -2.63. The zero-order chi connectivity index (χ0) is 25.5. The number of fused-ring (bicyclic) bond motifs is 1. The highest BCUT2D eigenvalue weighted by Crippen LogP contribution is 2.52. The highest BCUT2D eigenvalue weighted by molar-refractivity contribution is 6.33. The second-order valence-electron chi connectivity index (χ2n) is 8.51. The minimum atomic E-state index is -1.74. The van der Waals surface area contributed by atoms with Gasteiger partial charge in [0, 0.05) is 34.7 Å². The molecule has 0 saturated carbocycles. The highest BCUT2D eigenvalue weighted by atomic mass is 35.5. The SMILES string of the molecule is CCC(=O)NC1(c2ccccc2Cl)C(=O)N(C2(C)C(C(=O)O)=CC=CC2OC)c2ccc(Cl)cc21. The first-order valence-electron chi connectivity index (χ1n) is 11.0. The smallest absolute Gasteiger partial charge is 0.334 e. The molecular weight excluding hydrogens is 491 g/mol. The Morgan fingerprint density at radius 1 is 1.17 bits per heavy atom. The summed E-state index contributed by atoms with van der Waals surface area (Å²) in [6.07, 6.45) is 4.03. The van der Waals surface area contributed by atoms with Crippen LogP contribution in [0.2, 0.25) is 10.0 Å². The number of carboxylic acids is 1. The molecule has 182 valence electrons. The minimum absolute atomic E-state index is 0.0436. The molecule has 2 amide bonds. The number of benzene rings is 2. The number of amides is 2. The summed E-state index contributed by atoms with van der Waals surface area (Å²) >= 11 is 13.0. The van der Waals surface area contributed by atoms with Crippen LogP contribution in [-0.4, -0.2) is 41.6 Å². The Hall–Kier alpha value is -3.13. The fraction of sp³-hybridized carbons (Fsp3) is 0.269. The Balaban J connectivity index is 2.09. The summed E-state index contributed by atoms with van der Waals surface area (Å²) in [6, 6.07) is 11.6. The Bertz CT molecular complexity index is 1290. The van der Waals surface area contributed by atoms with Crippen molar-refractivity contribution in [1.82, 2.24) is 5.32 Å². The summed E-state index contributed by atoms with van der Waals surface area (Å²) in [7, 11) is 1.45. The molecule has 0 fully saturated rings. The average molecular weight is 515 g/mol. The number of aliphatic carboxylic acids is 1. The van der Waals surface area contributed by atoms with Gasteiger partial charge in [-0.05, 0) is 37.3 Å². The molecule has 0 radical (unpaired) electrons. The van der Waals surface area contributed by atoms with Gasteiger partial charge in [0.05, 0.1) is 11.3 Å². The first kappa shape index (κ1) is 25.0. The average Bonchev–Trinajstić information content (AvgIpc) is 3.07. The molecule has 3 atom stereocenters. The van der Waals surface area contributed by atoms with Crippen molar-refractivity contribution in [3.8, 4) is 0 Å². The molecule has 2 aromatic rings. The third-order valence-electron chi connectivity index (χ3n) is 6.65. The van der Waals surface area contributed by atoms with Crippen molar-refractivity contribution in [2.45, 2.75) is 37.5 Å². The number of anilines is 1. The predicted molar refractivity (Wildman–Crippen MR) is 134 cm³/mol. The van der Waals surface area contributed by atoms with Crippen LogP contribution in [0.1, 0.15) is 31.4 Å². The van der Waals surface area contributed by atoms with Crippen molar-refractivity contribution in [3.05, 3.63) is 87.4 Å². The van der Waals surface area contributed by atoms with Gasteiger partial charge in [0.25, 0.3) is 5.91 Å². The maximum atomic E-state index is 14.6. The Labute approximate surface area is 213 Å². The summed E-state index contributed by atoms with van der Waals surface area (Å²) in [5, 5.41) is 13.6. The van der Waals surface area contributed by atoms with Crippen LogP contribution in [0, 0.1) is 0 Å². The van der Waals surface area contributed by atoms with Crippen LogP contribution < -0.4 is 10.2 Å². The molecule has 1 heterocycles. The first-order chi connectivity index (χ1) is 16.6. The van der Waals surface area contributed by atoms with Crippen molar-refractivity contribution < 1.29 is 24.2 Å². The molecule has 9 heteroatoms. The normalized spacial score (nSPS) is 25.3. The minimum Gasteiger partial charge on any atom is -0.478 e. The van der Waals surface area contributed by atoms with E-state index in [1.807, 2.05) is 0 Å². The molecular formula is C26H24Cl2N2O5. The first-order valence-corrected chi connectivity index (χ1v) is 11.7. The van der Waals surface area contributed by atoms with Crippen molar-refractivity contribution in [2.75, 3.05) is 12.0 Å². The van der Waals surface area contributed by atoms with Gasteiger partial charge in [-0.2, -0.15) is 0 Å². The zero-order valence-electron chi connectivity index (χ0n) is 19.3. The topological polar surface area (TPSA) is 95.9 Å². The van der Waals surface area contributed by atoms with E-state index in [9.17, 15) is 19.5 Å². The number of rotatable bonds is 6. The number of carboxylic acid groups (broad SMARTS) is 1.